The Hall–Kier alpha value is -2.60. The molecule has 5 nitrogen and oxygen atoms in total. The van der Waals surface area contributed by atoms with E-state index in [9.17, 15) is 0 Å². The average molecular weight is 335 g/mol. The number of nitrogens with zero attached hydrogens (tertiary/aromatic N) is 4. The lowest BCUT2D eigenvalue weighted by Gasteiger charge is -2.00. The number of thioether (sulfide) groups is 1. The van der Waals surface area contributed by atoms with Gasteiger partial charge in [-0.15, -0.1) is 11.8 Å². The van der Waals surface area contributed by atoms with Gasteiger partial charge in [0.1, 0.15) is 0 Å². The standard InChI is InChI=1S/C18H17N5S/c1-12-17(22-23(21-12)14-7-9-19-10-8-14)11-24-18-13(2)20-16-6-4-3-5-15(16)18/h3-10,20H,11H2,1-2H3. The van der Waals surface area contributed by atoms with Gasteiger partial charge in [-0.3, -0.25) is 4.98 Å². The number of aryl methyl sites for hydroxylation is 2. The van der Waals surface area contributed by atoms with Crippen molar-refractivity contribution in [2.24, 2.45) is 0 Å². The van der Waals surface area contributed by atoms with Gasteiger partial charge in [-0.2, -0.15) is 15.0 Å². The van der Waals surface area contributed by atoms with Crippen LogP contribution in [0.3, 0.4) is 0 Å². The van der Waals surface area contributed by atoms with Gasteiger partial charge in [0.15, 0.2) is 0 Å². The van der Waals surface area contributed by atoms with E-state index in [0.29, 0.717) is 0 Å². The number of pyridine rings is 1. The van der Waals surface area contributed by atoms with Gasteiger partial charge in [0, 0.05) is 39.6 Å². The number of aromatic nitrogens is 5. The van der Waals surface area contributed by atoms with Crippen molar-refractivity contribution in [2.75, 3.05) is 0 Å². The number of benzene rings is 1. The Morgan fingerprint density at radius 3 is 2.67 bits per heavy atom. The molecular weight excluding hydrogens is 318 g/mol. The van der Waals surface area contributed by atoms with E-state index in [2.05, 4.69) is 51.4 Å². The Balaban J connectivity index is 1.60. The van der Waals surface area contributed by atoms with Gasteiger partial charge in [0.05, 0.1) is 17.1 Å². The first-order valence-electron chi connectivity index (χ1n) is 7.75. The number of aromatic amines is 1. The summed E-state index contributed by atoms with van der Waals surface area (Å²) in [6.07, 6.45) is 3.50. The molecule has 24 heavy (non-hydrogen) atoms. The summed E-state index contributed by atoms with van der Waals surface area (Å²) in [5.74, 6) is 0.791. The quantitative estimate of drug-likeness (QED) is 0.572. The molecule has 0 atom stereocenters. The highest BCUT2D eigenvalue weighted by Gasteiger charge is 2.12. The molecule has 4 aromatic rings. The Bertz CT molecular complexity index is 987. The predicted molar refractivity (Wildman–Crippen MR) is 96.5 cm³/mol. The lowest BCUT2D eigenvalue weighted by atomic mass is 10.2. The lowest BCUT2D eigenvalue weighted by Crippen LogP contribution is -1.99. The maximum atomic E-state index is 4.64. The zero-order chi connectivity index (χ0) is 16.5. The molecular formula is C18H17N5S. The van der Waals surface area contributed by atoms with Crippen LogP contribution in [0, 0.1) is 13.8 Å². The third kappa shape index (κ3) is 2.69. The molecule has 6 heteroatoms. The molecule has 0 unspecified atom stereocenters. The third-order valence-electron chi connectivity index (χ3n) is 3.96. The van der Waals surface area contributed by atoms with Crippen molar-refractivity contribution in [1.82, 2.24) is 25.0 Å². The van der Waals surface area contributed by atoms with Crippen molar-refractivity contribution in [3.63, 3.8) is 0 Å². The van der Waals surface area contributed by atoms with E-state index in [1.165, 1.54) is 21.5 Å². The van der Waals surface area contributed by atoms with Gasteiger partial charge < -0.3 is 4.98 Å². The molecule has 0 radical (unpaired) electrons. The minimum atomic E-state index is 0.791. The fraction of sp³-hybridized carbons (Fsp3) is 0.167. The topological polar surface area (TPSA) is 59.4 Å². The summed E-state index contributed by atoms with van der Waals surface area (Å²) >= 11 is 1.80. The first-order chi connectivity index (χ1) is 11.7. The molecule has 4 rings (SSSR count). The fourth-order valence-corrected chi connectivity index (χ4v) is 3.86. The Labute approximate surface area is 144 Å². The molecule has 0 saturated carbocycles. The zero-order valence-electron chi connectivity index (χ0n) is 13.5. The zero-order valence-corrected chi connectivity index (χ0v) is 14.3. The third-order valence-corrected chi connectivity index (χ3v) is 5.19. The average Bonchev–Trinajstić information content (AvgIpc) is 3.13. The molecule has 0 aliphatic carbocycles. The SMILES string of the molecule is Cc1nn(-c2ccncc2)nc1CSc1c(C)[nH]c2ccccc12. The summed E-state index contributed by atoms with van der Waals surface area (Å²) < 4.78 is 0. The van der Waals surface area contributed by atoms with Crippen LogP contribution in [0.5, 0.6) is 0 Å². The number of hydrogen-bond acceptors (Lipinski definition) is 4. The van der Waals surface area contributed by atoms with Gasteiger partial charge in [-0.1, -0.05) is 18.2 Å². The first kappa shape index (κ1) is 15.0. The highest BCUT2D eigenvalue weighted by atomic mass is 32.2. The number of para-hydroxylation sites is 1. The van der Waals surface area contributed by atoms with Crippen molar-refractivity contribution in [3.05, 3.63) is 65.9 Å². The molecule has 0 aliphatic rings. The number of rotatable bonds is 4. The van der Waals surface area contributed by atoms with Crippen LogP contribution in [0.2, 0.25) is 0 Å². The largest absolute Gasteiger partial charge is 0.358 e. The van der Waals surface area contributed by atoms with Crippen LogP contribution in [0.15, 0.2) is 53.7 Å². The molecule has 1 N–H and O–H groups in total. The van der Waals surface area contributed by atoms with Gasteiger partial charge >= 0.3 is 0 Å². The molecule has 0 saturated heterocycles. The molecule has 0 bridgehead atoms. The highest BCUT2D eigenvalue weighted by molar-refractivity contribution is 7.98. The van der Waals surface area contributed by atoms with E-state index in [0.717, 1.165) is 22.8 Å². The number of hydrogen-bond donors (Lipinski definition) is 1. The van der Waals surface area contributed by atoms with Crippen LogP contribution < -0.4 is 0 Å². The Morgan fingerprint density at radius 2 is 1.83 bits per heavy atom. The molecule has 120 valence electrons. The van der Waals surface area contributed by atoms with Crippen LogP contribution in [0.25, 0.3) is 16.6 Å². The summed E-state index contributed by atoms with van der Waals surface area (Å²) in [6.45, 7) is 4.12. The smallest absolute Gasteiger partial charge is 0.0963 e. The summed E-state index contributed by atoms with van der Waals surface area (Å²) in [4.78, 5) is 10.4. The van der Waals surface area contributed by atoms with Crippen LogP contribution in [-0.2, 0) is 5.75 Å². The first-order valence-corrected chi connectivity index (χ1v) is 8.74. The Kier molecular flexibility index (Phi) is 3.82. The summed E-state index contributed by atoms with van der Waals surface area (Å²) in [6, 6.07) is 12.2. The van der Waals surface area contributed by atoms with Crippen LogP contribution in [-0.4, -0.2) is 25.0 Å². The van der Waals surface area contributed by atoms with E-state index >= 15 is 0 Å². The van der Waals surface area contributed by atoms with Crippen LogP contribution in [0.1, 0.15) is 17.1 Å². The molecule has 0 spiro atoms. The maximum absolute atomic E-state index is 4.64. The monoisotopic (exact) mass is 335 g/mol. The van der Waals surface area contributed by atoms with Gasteiger partial charge in [-0.25, -0.2) is 0 Å². The normalized spacial score (nSPS) is 11.2. The van der Waals surface area contributed by atoms with Crippen molar-refractivity contribution < 1.29 is 0 Å². The van der Waals surface area contributed by atoms with Crippen molar-refractivity contribution in [2.45, 2.75) is 24.5 Å². The minimum Gasteiger partial charge on any atom is -0.358 e. The van der Waals surface area contributed by atoms with Gasteiger partial charge in [0.2, 0.25) is 0 Å². The second kappa shape index (κ2) is 6.13. The molecule has 0 aliphatic heterocycles. The van der Waals surface area contributed by atoms with E-state index in [1.54, 1.807) is 29.0 Å². The minimum absolute atomic E-state index is 0.791. The second-order valence-corrected chi connectivity index (χ2v) is 6.63. The number of H-pyrrole nitrogens is 1. The van der Waals surface area contributed by atoms with E-state index in [-0.39, 0.29) is 0 Å². The van der Waals surface area contributed by atoms with Crippen LogP contribution in [0.4, 0.5) is 0 Å². The van der Waals surface area contributed by atoms with E-state index in [4.69, 9.17) is 0 Å². The predicted octanol–water partition coefficient (Wildman–Crippen LogP) is 4.05. The summed E-state index contributed by atoms with van der Waals surface area (Å²) in [5.41, 5.74) is 5.25. The van der Waals surface area contributed by atoms with E-state index in [1.807, 2.05) is 19.1 Å². The molecule has 0 amide bonds. The number of nitrogens with one attached hydrogen (secondary N) is 1. The highest BCUT2D eigenvalue weighted by Crippen LogP contribution is 2.33. The Morgan fingerprint density at radius 1 is 1.04 bits per heavy atom. The van der Waals surface area contributed by atoms with Crippen LogP contribution >= 0.6 is 11.8 Å². The van der Waals surface area contributed by atoms with Crippen molar-refractivity contribution >= 4 is 22.7 Å². The molecule has 1 aromatic carbocycles. The van der Waals surface area contributed by atoms with E-state index < -0.39 is 0 Å². The number of fused-ring (bicyclic) bond motifs is 1. The summed E-state index contributed by atoms with van der Waals surface area (Å²) in [7, 11) is 0. The molecule has 0 fully saturated rings. The maximum Gasteiger partial charge on any atom is 0.0963 e. The van der Waals surface area contributed by atoms with Gasteiger partial charge in [0.25, 0.3) is 0 Å². The van der Waals surface area contributed by atoms with Crippen molar-refractivity contribution in [1.29, 1.82) is 0 Å². The molecule has 3 heterocycles. The molecule has 3 aromatic heterocycles. The van der Waals surface area contributed by atoms with Crippen molar-refractivity contribution in [3.8, 4) is 5.69 Å². The fourth-order valence-electron chi connectivity index (χ4n) is 2.71. The second-order valence-electron chi connectivity index (χ2n) is 5.64. The van der Waals surface area contributed by atoms with Gasteiger partial charge in [-0.05, 0) is 32.0 Å². The lowest BCUT2D eigenvalue weighted by molar-refractivity contribution is 0.739. The summed E-state index contributed by atoms with van der Waals surface area (Å²) in [5, 5.41) is 10.4.